The van der Waals surface area contributed by atoms with Crippen molar-refractivity contribution in [1.82, 2.24) is 9.80 Å². The van der Waals surface area contributed by atoms with Crippen molar-refractivity contribution < 1.29 is 14.0 Å². The molecule has 0 aliphatic carbocycles. The number of furan rings is 1. The molecule has 1 aromatic heterocycles. The Kier molecular flexibility index (Phi) is 5.10. The van der Waals surface area contributed by atoms with Crippen LogP contribution in [0.15, 0.2) is 52.0 Å². The molecule has 3 rings (SSSR count). The largest absolute Gasteiger partial charge is 0.459 e. The number of benzene rings is 1. The highest BCUT2D eigenvalue weighted by atomic mass is 32.2. The summed E-state index contributed by atoms with van der Waals surface area (Å²) in [6.07, 6.45) is 1.49. The Morgan fingerprint density at radius 2 is 1.71 bits per heavy atom. The third-order valence-electron chi connectivity index (χ3n) is 3.89. The molecule has 1 aliphatic rings. The molecule has 24 heavy (non-hydrogen) atoms. The zero-order valence-electron chi connectivity index (χ0n) is 13.2. The van der Waals surface area contributed by atoms with Gasteiger partial charge >= 0.3 is 0 Å². The van der Waals surface area contributed by atoms with Crippen LogP contribution in [0.2, 0.25) is 0 Å². The SMILES string of the molecule is Nc1ccc(SCC(=O)N2CCN(C(=O)c3ccco3)CC2)cc1. The van der Waals surface area contributed by atoms with Gasteiger partial charge in [-0.25, -0.2) is 0 Å². The first-order valence-electron chi connectivity index (χ1n) is 7.72. The van der Waals surface area contributed by atoms with Gasteiger partial charge in [-0.1, -0.05) is 0 Å². The van der Waals surface area contributed by atoms with Gasteiger partial charge in [0.15, 0.2) is 5.76 Å². The fraction of sp³-hybridized carbons (Fsp3) is 0.294. The highest BCUT2D eigenvalue weighted by molar-refractivity contribution is 8.00. The minimum atomic E-state index is -0.122. The highest BCUT2D eigenvalue weighted by Crippen LogP contribution is 2.20. The summed E-state index contributed by atoms with van der Waals surface area (Å²) < 4.78 is 5.13. The van der Waals surface area contributed by atoms with E-state index in [1.165, 1.54) is 18.0 Å². The number of nitrogens with two attached hydrogens (primary N) is 1. The standard InChI is InChI=1S/C17H19N3O3S/c18-13-3-5-14(6-4-13)24-12-16(21)19-7-9-20(10-8-19)17(22)15-2-1-11-23-15/h1-6,11H,7-10,12,18H2. The van der Waals surface area contributed by atoms with E-state index in [1.807, 2.05) is 24.3 Å². The maximum absolute atomic E-state index is 12.3. The molecule has 0 spiro atoms. The van der Waals surface area contributed by atoms with Gasteiger partial charge in [0.2, 0.25) is 5.91 Å². The first kappa shape index (κ1) is 16.4. The average Bonchev–Trinajstić information content (AvgIpc) is 3.15. The molecule has 2 N–H and O–H groups in total. The van der Waals surface area contributed by atoms with Crippen LogP contribution in [0.1, 0.15) is 10.6 Å². The van der Waals surface area contributed by atoms with Crippen LogP contribution >= 0.6 is 11.8 Å². The van der Waals surface area contributed by atoms with Crippen LogP contribution in [0.4, 0.5) is 5.69 Å². The summed E-state index contributed by atoms with van der Waals surface area (Å²) in [4.78, 5) is 29.0. The Labute approximate surface area is 144 Å². The average molecular weight is 345 g/mol. The number of hydrogen-bond acceptors (Lipinski definition) is 5. The van der Waals surface area contributed by atoms with E-state index < -0.39 is 0 Å². The van der Waals surface area contributed by atoms with E-state index in [0.29, 0.717) is 43.4 Å². The monoisotopic (exact) mass is 345 g/mol. The van der Waals surface area contributed by atoms with Crippen LogP contribution in [0.5, 0.6) is 0 Å². The van der Waals surface area contributed by atoms with Crippen molar-refractivity contribution in [3.8, 4) is 0 Å². The van der Waals surface area contributed by atoms with Crippen molar-refractivity contribution in [2.75, 3.05) is 37.7 Å². The van der Waals surface area contributed by atoms with Gasteiger partial charge in [-0.15, -0.1) is 11.8 Å². The van der Waals surface area contributed by atoms with Gasteiger partial charge in [0.1, 0.15) is 0 Å². The number of piperazine rings is 1. The predicted molar refractivity (Wildman–Crippen MR) is 92.8 cm³/mol. The molecule has 2 heterocycles. The van der Waals surface area contributed by atoms with Crippen LogP contribution in [-0.4, -0.2) is 53.5 Å². The van der Waals surface area contributed by atoms with Crippen LogP contribution in [-0.2, 0) is 4.79 Å². The van der Waals surface area contributed by atoms with E-state index in [-0.39, 0.29) is 11.8 Å². The molecule has 6 nitrogen and oxygen atoms in total. The van der Waals surface area contributed by atoms with Crippen LogP contribution in [0.3, 0.4) is 0 Å². The lowest BCUT2D eigenvalue weighted by atomic mass is 10.3. The summed E-state index contributed by atoms with van der Waals surface area (Å²) >= 11 is 1.49. The number of amides is 2. The van der Waals surface area contributed by atoms with Crippen molar-refractivity contribution in [3.63, 3.8) is 0 Å². The molecule has 2 amide bonds. The minimum absolute atomic E-state index is 0.0851. The topological polar surface area (TPSA) is 79.8 Å². The van der Waals surface area contributed by atoms with E-state index >= 15 is 0 Å². The van der Waals surface area contributed by atoms with Gasteiger partial charge in [-0.2, -0.15) is 0 Å². The van der Waals surface area contributed by atoms with E-state index in [9.17, 15) is 9.59 Å². The molecular formula is C17H19N3O3S. The molecule has 126 valence electrons. The van der Waals surface area contributed by atoms with Crippen molar-refractivity contribution in [3.05, 3.63) is 48.4 Å². The summed E-state index contributed by atoms with van der Waals surface area (Å²) in [5.74, 6) is 0.690. The Balaban J connectivity index is 1.46. The minimum Gasteiger partial charge on any atom is -0.459 e. The second-order valence-corrected chi connectivity index (χ2v) is 6.56. The van der Waals surface area contributed by atoms with Crippen LogP contribution < -0.4 is 5.73 Å². The Hall–Kier alpha value is -2.41. The van der Waals surface area contributed by atoms with Gasteiger partial charge < -0.3 is 20.0 Å². The van der Waals surface area contributed by atoms with Crippen molar-refractivity contribution in [2.24, 2.45) is 0 Å². The first-order chi connectivity index (χ1) is 11.6. The van der Waals surface area contributed by atoms with Gasteiger partial charge in [0, 0.05) is 36.8 Å². The number of nitrogens with zero attached hydrogens (tertiary/aromatic N) is 2. The zero-order chi connectivity index (χ0) is 16.9. The van der Waals surface area contributed by atoms with Gasteiger partial charge in [0.05, 0.1) is 12.0 Å². The number of hydrogen-bond donors (Lipinski definition) is 1. The fourth-order valence-corrected chi connectivity index (χ4v) is 3.32. The van der Waals surface area contributed by atoms with Crippen LogP contribution in [0.25, 0.3) is 0 Å². The maximum Gasteiger partial charge on any atom is 0.289 e. The lowest BCUT2D eigenvalue weighted by molar-refractivity contribution is -0.129. The number of carbonyl (C=O) groups excluding carboxylic acids is 2. The Morgan fingerprint density at radius 1 is 1.04 bits per heavy atom. The Bertz CT molecular complexity index is 692. The lowest BCUT2D eigenvalue weighted by Crippen LogP contribution is -2.51. The lowest BCUT2D eigenvalue weighted by Gasteiger charge is -2.34. The highest BCUT2D eigenvalue weighted by Gasteiger charge is 2.25. The number of carbonyl (C=O) groups is 2. The number of anilines is 1. The zero-order valence-corrected chi connectivity index (χ0v) is 14.0. The van der Waals surface area contributed by atoms with Gasteiger partial charge in [-0.3, -0.25) is 9.59 Å². The maximum atomic E-state index is 12.3. The first-order valence-corrected chi connectivity index (χ1v) is 8.71. The summed E-state index contributed by atoms with van der Waals surface area (Å²) in [6, 6.07) is 10.8. The van der Waals surface area contributed by atoms with E-state index in [4.69, 9.17) is 10.2 Å². The smallest absolute Gasteiger partial charge is 0.289 e. The molecule has 0 saturated carbocycles. The molecule has 1 fully saturated rings. The molecule has 2 aromatic rings. The Morgan fingerprint density at radius 3 is 2.33 bits per heavy atom. The third kappa shape index (κ3) is 3.91. The summed E-state index contributed by atoms with van der Waals surface area (Å²) in [5, 5.41) is 0. The van der Waals surface area contributed by atoms with E-state index in [2.05, 4.69) is 0 Å². The predicted octanol–water partition coefficient (Wildman–Crippen LogP) is 1.94. The van der Waals surface area contributed by atoms with Crippen LogP contribution in [0, 0.1) is 0 Å². The molecule has 1 aliphatic heterocycles. The van der Waals surface area contributed by atoms with Crippen molar-refractivity contribution in [2.45, 2.75) is 4.90 Å². The second-order valence-electron chi connectivity index (χ2n) is 5.51. The molecule has 0 atom stereocenters. The second kappa shape index (κ2) is 7.44. The molecule has 1 aromatic carbocycles. The van der Waals surface area contributed by atoms with Crippen molar-refractivity contribution >= 4 is 29.3 Å². The number of nitrogen functional groups attached to an aromatic ring is 1. The molecule has 1 saturated heterocycles. The quantitative estimate of drug-likeness (QED) is 0.677. The van der Waals surface area contributed by atoms with Gasteiger partial charge in [-0.05, 0) is 36.4 Å². The normalized spacial score (nSPS) is 14.7. The third-order valence-corrected chi connectivity index (χ3v) is 4.89. The summed E-state index contributed by atoms with van der Waals surface area (Å²) in [7, 11) is 0. The number of thioether (sulfide) groups is 1. The number of rotatable bonds is 4. The van der Waals surface area contributed by atoms with E-state index in [1.54, 1.807) is 21.9 Å². The fourth-order valence-electron chi connectivity index (χ4n) is 2.52. The summed E-state index contributed by atoms with van der Waals surface area (Å²) in [6.45, 7) is 2.15. The molecule has 7 heteroatoms. The molecular weight excluding hydrogens is 326 g/mol. The molecule has 0 bridgehead atoms. The molecule has 0 radical (unpaired) electrons. The molecule has 0 unspecified atom stereocenters. The van der Waals surface area contributed by atoms with E-state index in [0.717, 1.165) is 4.90 Å². The summed E-state index contributed by atoms with van der Waals surface area (Å²) in [5.41, 5.74) is 6.36. The van der Waals surface area contributed by atoms with Crippen molar-refractivity contribution in [1.29, 1.82) is 0 Å². The van der Waals surface area contributed by atoms with Gasteiger partial charge in [0.25, 0.3) is 5.91 Å².